The van der Waals surface area contributed by atoms with E-state index in [1.807, 2.05) is 0 Å². The molecular weight excluding hydrogens is 280 g/mol. The molecule has 20 heavy (non-hydrogen) atoms. The van der Waals surface area contributed by atoms with Gasteiger partial charge in [0.15, 0.2) is 5.58 Å². The molecule has 0 saturated heterocycles. The maximum absolute atomic E-state index is 11.2. The number of hydrogen-bond acceptors (Lipinski definition) is 6. The van der Waals surface area contributed by atoms with Crippen LogP contribution in [0.25, 0.3) is 11.1 Å². The Morgan fingerprint density at radius 1 is 1.40 bits per heavy atom. The Morgan fingerprint density at radius 2 is 2.10 bits per heavy atom. The van der Waals surface area contributed by atoms with Crippen LogP contribution in [-0.2, 0) is 10.0 Å². The molecule has 0 amide bonds. The highest BCUT2D eigenvalue weighted by molar-refractivity contribution is 7.88. The highest BCUT2D eigenvalue weighted by Crippen LogP contribution is 2.21. The van der Waals surface area contributed by atoms with Crippen LogP contribution in [0.1, 0.15) is 13.8 Å². The Kier molecular flexibility index (Phi) is 3.61. The summed E-state index contributed by atoms with van der Waals surface area (Å²) in [6.45, 7) is 3.87. The van der Waals surface area contributed by atoms with Crippen molar-refractivity contribution in [3.63, 3.8) is 0 Å². The van der Waals surface area contributed by atoms with Crippen LogP contribution in [0.15, 0.2) is 22.6 Å². The number of fused-ring (bicyclic) bond motifs is 1. The third-order valence-electron chi connectivity index (χ3n) is 2.55. The quantitative estimate of drug-likeness (QED) is 0.714. The summed E-state index contributed by atoms with van der Waals surface area (Å²) in [4.78, 5) is 4.24. The van der Waals surface area contributed by atoms with E-state index in [-0.39, 0.29) is 0 Å². The van der Waals surface area contributed by atoms with Crippen LogP contribution in [-0.4, -0.2) is 31.7 Å². The third kappa shape index (κ3) is 3.84. The van der Waals surface area contributed by atoms with Crippen LogP contribution in [0.4, 0.5) is 11.7 Å². The third-order valence-corrected chi connectivity index (χ3v) is 3.48. The van der Waals surface area contributed by atoms with Gasteiger partial charge < -0.3 is 15.5 Å². The number of hydrogen-bond donors (Lipinski definition) is 3. The topological polar surface area (TPSA) is 110 Å². The molecule has 110 valence electrons. The molecule has 1 heterocycles. The van der Waals surface area contributed by atoms with Gasteiger partial charge in [0.2, 0.25) is 10.0 Å². The van der Waals surface area contributed by atoms with Crippen LogP contribution in [0.3, 0.4) is 0 Å². The van der Waals surface area contributed by atoms with Gasteiger partial charge in [-0.1, -0.05) is 0 Å². The van der Waals surface area contributed by atoms with Gasteiger partial charge in [-0.25, -0.2) is 13.1 Å². The van der Waals surface area contributed by atoms with Crippen molar-refractivity contribution in [3.8, 4) is 0 Å². The van der Waals surface area contributed by atoms with E-state index in [0.717, 1.165) is 6.26 Å². The largest absolute Gasteiger partial charge is 0.424 e. The Morgan fingerprint density at radius 3 is 2.75 bits per heavy atom. The number of nitrogens with two attached hydrogens (primary N) is 1. The zero-order chi connectivity index (χ0) is 15.0. The lowest BCUT2D eigenvalue weighted by atomic mass is 10.1. The molecule has 0 atom stereocenters. The van der Waals surface area contributed by atoms with E-state index >= 15 is 0 Å². The summed E-state index contributed by atoms with van der Waals surface area (Å²) in [5.41, 5.74) is 6.89. The molecule has 0 spiro atoms. The zero-order valence-corrected chi connectivity index (χ0v) is 12.4. The Hall–Kier alpha value is -1.80. The first-order valence-electron chi connectivity index (χ1n) is 6.03. The highest BCUT2D eigenvalue weighted by Gasteiger charge is 2.22. The first-order chi connectivity index (χ1) is 9.15. The van der Waals surface area contributed by atoms with Gasteiger partial charge in [0.25, 0.3) is 6.01 Å². The Balaban J connectivity index is 2.09. The van der Waals surface area contributed by atoms with Crippen LogP contribution in [0, 0.1) is 0 Å². The van der Waals surface area contributed by atoms with Gasteiger partial charge in [-0.15, -0.1) is 0 Å². The standard InChI is InChI=1S/C12H18N4O3S/c1-12(2,16-20(3,17)18)7-14-11-15-9-6-8(13)4-5-10(9)19-11/h4-6,16H,7,13H2,1-3H3,(H,14,15). The van der Waals surface area contributed by atoms with E-state index in [2.05, 4.69) is 15.0 Å². The fourth-order valence-corrected chi connectivity index (χ4v) is 2.93. The Labute approximate surface area is 117 Å². The second kappa shape index (κ2) is 4.95. The number of sulfonamides is 1. The van der Waals surface area contributed by atoms with Gasteiger partial charge in [-0.2, -0.15) is 4.98 Å². The van der Waals surface area contributed by atoms with Crippen LogP contribution < -0.4 is 15.8 Å². The lowest BCUT2D eigenvalue weighted by Crippen LogP contribution is -2.47. The maximum Gasteiger partial charge on any atom is 0.295 e. The van der Waals surface area contributed by atoms with Crippen molar-refractivity contribution in [1.29, 1.82) is 0 Å². The summed E-state index contributed by atoms with van der Waals surface area (Å²) in [7, 11) is -3.27. The van der Waals surface area contributed by atoms with Gasteiger partial charge in [0.05, 0.1) is 6.26 Å². The maximum atomic E-state index is 11.2. The first kappa shape index (κ1) is 14.6. The van der Waals surface area contributed by atoms with Gasteiger partial charge in [0, 0.05) is 17.8 Å². The van der Waals surface area contributed by atoms with Crippen molar-refractivity contribution < 1.29 is 12.8 Å². The molecule has 0 bridgehead atoms. The molecular formula is C12H18N4O3S. The van der Waals surface area contributed by atoms with Crippen molar-refractivity contribution in [1.82, 2.24) is 9.71 Å². The first-order valence-corrected chi connectivity index (χ1v) is 7.93. The van der Waals surface area contributed by atoms with Crippen LogP contribution in [0.2, 0.25) is 0 Å². The van der Waals surface area contributed by atoms with Crippen LogP contribution >= 0.6 is 0 Å². The van der Waals surface area contributed by atoms with E-state index in [0.29, 0.717) is 29.3 Å². The summed E-state index contributed by atoms with van der Waals surface area (Å²) in [6, 6.07) is 5.51. The molecule has 1 aromatic heterocycles. The van der Waals surface area contributed by atoms with E-state index in [9.17, 15) is 8.42 Å². The zero-order valence-electron chi connectivity index (χ0n) is 11.6. The number of anilines is 2. The number of rotatable bonds is 5. The van der Waals surface area contributed by atoms with Gasteiger partial charge in [-0.05, 0) is 32.0 Å². The molecule has 0 radical (unpaired) electrons. The SMILES string of the molecule is CC(C)(CNc1nc2cc(N)ccc2o1)NS(C)(=O)=O. The number of oxazole rings is 1. The molecule has 0 aliphatic rings. The number of benzene rings is 1. The number of nitrogens with zero attached hydrogens (tertiary/aromatic N) is 1. The Bertz CT molecular complexity index is 721. The minimum absolute atomic E-state index is 0.328. The fourth-order valence-electron chi connectivity index (χ4n) is 1.85. The second-order valence-electron chi connectivity index (χ2n) is 5.36. The van der Waals surface area contributed by atoms with E-state index < -0.39 is 15.6 Å². The predicted molar refractivity (Wildman–Crippen MR) is 79.0 cm³/mol. The normalized spacial score (nSPS) is 12.8. The molecule has 0 aliphatic carbocycles. The molecule has 0 unspecified atom stereocenters. The van der Waals surface area contributed by atoms with Crippen LogP contribution in [0.5, 0.6) is 0 Å². The smallest absolute Gasteiger partial charge is 0.295 e. The molecule has 1 aromatic carbocycles. The van der Waals surface area contributed by atoms with E-state index in [4.69, 9.17) is 10.2 Å². The molecule has 0 aliphatic heterocycles. The van der Waals surface area contributed by atoms with Crippen molar-refractivity contribution in [2.75, 3.05) is 23.9 Å². The molecule has 8 heteroatoms. The van der Waals surface area contributed by atoms with Gasteiger partial charge in [-0.3, -0.25) is 0 Å². The summed E-state index contributed by atoms with van der Waals surface area (Å²) in [5, 5.41) is 2.97. The summed E-state index contributed by atoms with van der Waals surface area (Å²) in [6.07, 6.45) is 1.12. The summed E-state index contributed by atoms with van der Waals surface area (Å²) >= 11 is 0. The predicted octanol–water partition coefficient (Wildman–Crippen LogP) is 1.15. The fraction of sp³-hybridized carbons (Fsp3) is 0.417. The number of nitrogen functional groups attached to an aromatic ring is 1. The lowest BCUT2D eigenvalue weighted by molar-refractivity contribution is 0.469. The highest BCUT2D eigenvalue weighted by atomic mass is 32.2. The van der Waals surface area contributed by atoms with Crippen molar-refractivity contribution in [2.45, 2.75) is 19.4 Å². The number of nitrogens with one attached hydrogen (secondary N) is 2. The van der Waals surface area contributed by atoms with Crippen molar-refractivity contribution in [2.24, 2.45) is 0 Å². The minimum Gasteiger partial charge on any atom is -0.424 e. The van der Waals surface area contributed by atoms with E-state index in [1.54, 1.807) is 32.0 Å². The molecule has 0 saturated carbocycles. The lowest BCUT2D eigenvalue weighted by Gasteiger charge is -2.24. The van der Waals surface area contributed by atoms with E-state index in [1.165, 1.54) is 0 Å². The van der Waals surface area contributed by atoms with Crippen molar-refractivity contribution >= 4 is 32.8 Å². The average molecular weight is 298 g/mol. The molecule has 4 N–H and O–H groups in total. The van der Waals surface area contributed by atoms with Crippen molar-refractivity contribution in [3.05, 3.63) is 18.2 Å². The average Bonchev–Trinajstić information content (AvgIpc) is 2.65. The monoisotopic (exact) mass is 298 g/mol. The number of aromatic nitrogens is 1. The molecule has 2 aromatic rings. The minimum atomic E-state index is -3.27. The molecule has 0 fully saturated rings. The summed E-state index contributed by atoms with van der Waals surface area (Å²) in [5.74, 6) is 0. The summed E-state index contributed by atoms with van der Waals surface area (Å²) < 4.78 is 30.5. The second-order valence-corrected chi connectivity index (χ2v) is 7.11. The van der Waals surface area contributed by atoms with Gasteiger partial charge >= 0.3 is 0 Å². The van der Waals surface area contributed by atoms with Gasteiger partial charge in [0.1, 0.15) is 5.52 Å². The molecule has 2 rings (SSSR count). The molecule has 7 nitrogen and oxygen atoms in total.